The minimum atomic E-state index is 0.0909. The SMILES string of the molecule is COc1c(N2CCOCC2)cccc1C(C)(C)C. The first kappa shape index (κ1) is 13.2. The molecule has 18 heavy (non-hydrogen) atoms. The van der Waals surface area contributed by atoms with Crippen LogP contribution in [0.4, 0.5) is 5.69 Å². The molecule has 100 valence electrons. The fourth-order valence-electron chi connectivity index (χ4n) is 2.38. The number of nitrogens with zero attached hydrogens (tertiary/aromatic N) is 1. The molecule has 1 aromatic rings. The average Bonchev–Trinajstić information content (AvgIpc) is 2.37. The van der Waals surface area contributed by atoms with Gasteiger partial charge in [-0.05, 0) is 11.5 Å². The van der Waals surface area contributed by atoms with Crippen molar-refractivity contribution >= 4 is 5.69 Å². The van der Waals surface area contributed by atoms with Gasteiger partial charge in [0.25, 0.3) is 0 Å². The van der Waals surface area contributed by atoms with E-state index in [-0.39, 0.29) is 5.41 Å². The highest BCUT2D eigenvalue weighted by Gasteiger charge is 2.23. The minimum absolute atomic E-state index is 0.0909. The van der Waals surface area contributed by atoms with Crippen molar-refractivity contribution in [3.8, 4) is 5.75 Å². The minimum Gasteiger partial charge on any atom is -0.494 e. The molecule has 3 heteroatoms. The summed E-state index contributed by atoms with van der Waals surface area (Å²) in [5, 5.41) is 0. The van der Waals surface area contributed by atoms with Crippen molar-refractivity contribution in [2.24, 2.45) is 0 Å². The van der Waals surface area contributed by atoms with Crippen molar-refractivity contribution < 1.29 is 9.47 Å². The number of hydrogen-bond acceptors (Lipinski definition) is 3. The molecular formula is C15H23NO2. The summed E-state index contributed by atoms with van der Waals surface area (Å²) in [6, 6.07) is 6.41. The van der Waals surface area contributed by atoms with E-state index in [9.17, 15) is 0 Å². The summed E-state index contributed by atoms with van der Waals surface area (Å²) in [5.74, 6) is 1.01. The van der Waals surface area contributed by atoms with Crippen molar-refractivity contribution in [3.05, 3.63) is 23.8 Å². The van der Waals surface area contributed by atoms with Crippen LogP contribution in [0.15, 0.2) is 18.2 Å². The molecule has 1 aliphatic heterocycles. The lowest BCUT2D eigenvalue weighted by Crippen LogP contribution is -2.36. The highest BCUT2D eigenvalue weighted by molar-refractivity contribution is 5.63. The molecule has 0 aromatic heterocycles. The molecule has 1 heterocycles. The lowest BCUT2D eigenvalue weighted by Gasteiger charge is -2.32. The predicted molar refractivity (Wildman–Crippen MR) is 74.7 cm³/mol. The van der Waals surface area contributed by atoms with Crippen molar-refractivity contribution in [1.29, 1.82) is 0 Å². The van der Waals surface area contributed by atoms with Gasteiger partial charge in [0.1, 0.15) is 5.75 Å². The third kappa shape index (κ3) is 2.61. The molecule has 1 saturated heterocycles. The van der Waals surface area contributed by atoms with E-state index in [2.05, 4.69) is 43.9 Å². The van der Waals surface area contributed by atoms with Gasteiger partial charge in [0.2, 0.25) is 0 Å². The van der Waals surface area contributed by atoms with Crippen LogP contribution in [0.2, 0.25) is 0 Å². The van der Waals surface area contributed by atoms with E-state index in [0.717, 1.165) is 32.1 Å². The zero-order chi connectivity index (χ0) is 13.2. The molecule has 0 radical (unpaired) electrons. The molecule has 0 amide bonds. The Balaban J connectivity index is 2.40. The average molecular weight is 249 g/mol. The predicted octanol–water partition coefficient (Wildman–Crippen LogP) is 2.83. The molecule has 0 saturated carbocycles. The second-order valence-corrected chi connectivity index (χ2v) is 5.71. The van der Waals surface area contributed by atoms with Gasteiger partial charge in [-0.3, -0.25) is 0 Å². The molecule has 0 N–H and O–H groups in total. The van der Waals surface area contributed by atoms with Crippen LogP contribution in [0.25, 0.3) is 0 Å². The Morgan fingerprint density at radius 1 is 1.17 bits per heavy atom. The number of rotatable bonds is 2. The third-order valence-electron chi connectivity index (χ3n) is 3.36. The number of hydrogen-bond donors (Lipinski definition) is 0. The highest BCUT2D eigenvalue weighted by atomic mass is 16.5. The molecule has 3 nitrogen and oxygen atoms in total. The maximum Gasteiger partial charge on any atom is 0.145 e. The van der Waals surface area contributed by atoms with E-state index < -0.39 is 0 Å². The van der Waals surface area contributed by atoms with Gasteiger partial charge in [0.15, 0.2) is 0 Å². The third-order valence-corrected chi connectivity index (χ3v) is 3.36. The Kier molecular flexibility index (Phi) is 3.81. The first-order valence-electron chi connectivity index (χ1n) is 6.54. The van der Waals surface area contributed by atoms with Gasteiger partial charge >= 0.3 is 0 Å². The monoisotopic (exact) mass is 249 g/mol. The standard InChI is InChI=1S/C15H23NO2/c1-15(2,3)12-6-5-7-13(14(12)17-4)16-8-10-18-11-9-16/h5-7H,8-11H2,1-4H3. The quantitative estimate of drug-likeness (QED) is 0.804. The van der Waals surface area contributed by atoms with Crippen molar-refractivity contribution in [2.45, 2.75) is 26.2 Å². The fourth-order valence-corrected chi connectivity index (χ4v) is 2.38. The maximum absolute atomic E-state index is 5.67. The molecule has 0 aliphatic carbocycles. The van der Waals surface area contributed by atoms with Crippen molar-refractivity contribution in [2.75, 3.05) is 38.3 Å². The van der Waals surface area contributed by atoms with Crippen LogP contribution in [0.5, 0.6) is 5.75 Å². The van der Waals surface area contributed by atoms with Crippen LogP contribution in [-0.4, -0.2) is 33.4 Å². The van der Waals surface area contributed by atoms with Gasteiger partial charge in [-0.2, -0.15) is 0 Å². The lowest BCUT2D eigenvalue weighted by atomic mass is 9.86. The van der Waals surface area contributed by atoms with Gasteiger partial charge in [-0.15, -0.1) is 0 Å². The zero-order valence-electron chi connectivity index (χ0n) is 11.8. The van der Waals surface area contributed by atoms with E-state index in [4.69, 9.17) is 9.47 Å². The van der Waals surface area contributed by atoms with Gasteiger partial charge in [-0.1, -0.05) is 32.9 Å². The fraction of sp³-hybridized carbons (Fsp3) is 0.600. The molecule has 1 fully saturated rings. The molecule has 1 aliphatic rings. The molecule has 0 spiro atoms. The van der Waals surface area contributed by atoms with Crippen LogP contribution in [0, 0.1) is 0 Å². The van der Waals surface area contributed by atoms with E-state index >= 15 is 0 Å². The van der Waals surface area contributed by atoms with Gasteiger partial charge < -0.3 is 14.4 Å². The molecule has 2 rings (SSSR count). The molecular weight excluding hydrogens is 226 g/mol. The Hall–Kier alpha value is -1.22. The van der Waals surface area contributed by atoms with Gasteiger partial charge in [-0.25, -0.2) is 0 Å². The normalized spacial score (nSPS) is 16.8. The van der Waals surface area contributed by atoms with E-state index in [1.165, 1.54) is 11.3 Å². The van der Waals surface area contributed by atoms with Crippen LogP contribution in [0.3, 0.4) is 0 Å². The Bertz CT molecular complexity index is 403. The Labute approximate surface area is 110 Å². The summed E-state index contributed by atoms with van der Waals surface area (Å²) in [7, 11) is 1.76. The summed E-state index contributed by atoms with van der Waals surface area (Å²) in [6.07, 6.45) is 0. The molecule has 0 bridgehead atoms. The van der Waals surface area contributed by atoms with Crippen LogP contribution < -0.4 is 9.64 Å². The number of morpholine rings is 1. The Morgan fingerprint density at radius 2 is 1.83 bits per heavy atom. The van der Waals surface area contributed by atoms with Crippen LogP contribution in [-0.2, 0) is 10.2 Å². The first-order chi connectivity index (χ1) is 8.54. The summed E-state index contributed by atoms with van der Waals surface area (Å²) in [6.45, 7) is 10.1. The number of methoxy groups -OCH3 is 1. The molecule has 0 atom stereocenters. The highest BCUT2D eigenvalue weighted by Crippen LogP contribution is 2.38. The summed E-state index contributed by atoms with van der Waals surface area (Å²) < 4.78 is 11.1. The summed E-state index contributed by atoms with van der Waals surface area (Å²) >= 11 is 0. The lowest BCUT2D eigenvalue weighted by molar-refractivity contribution is 0.122. The molecule has 1 aromatic carbocycles. The topological polar surface area (TPSA) is 21.7 Å². The maximum atomic E-state index is 5.67. The number of ether oxygens (including phenoxy) is 2. The second-order valence-electron chi connectivity index (χ2n) is 5.71. The van der Waals surface area contributed by atoms with Gasteiger partial charge in [0.05, 0.1) is 26.0 Å². The van der Waals surface area contributed by atoms with Crippen LogP contribution in [0.1, 0.15) is 26.3 Å². The number of anilines is 1. The molecule has 0 unspecified atom stereocenters. The number of benzene rings is 1. The zero-order valence-corrected chi connectivity index (χ0v) is 11.8. The van der Waals surface area contributed by atoms with E-state index in [1.807, 2.05) is 0 Å². The largest absolute Gasteiger partial charge is 0.494 e. The van der Waals surface area contributed by atoms with E-state index in [0.29, 0.717) is 0 Å². The van der Waals surface area contributed by atoms with Crippen LogP contribution >= 0.6 is 0 Å². The number of para-hydroxylation sites is 1. The van der Waals surface area contributed by atoms with Gasteiger partial charge in [0, 0.05) is 18.7 Å². The summed E-state index contributed by atoms with van der Waals surface area (Å²) in [4.78, 5) is 2.34. The van der Waals surface area contributed by atoms with Crippen molar-refractivity contribution in [1.82, 2.24) is 0 Å². The Morgan fingerprint density at radius 3 is 2.39 bits per heavy atom. The first-order valence-corrected chi connectivity index (χ1v) is 6.54. The second kappa shape index (κ2) is 5.19. The van der Waals surface area contributed by atoms with E-state index in [1.54, 1.807) is 7.11 Å². The summed E-state index contributed by atoms with van der Waals surface area (Å²) in [5.41, 5.74) is 2.54. The smallest absolute Gasteiger partial charge is 0.145 e. The van der Waals surface area contributed by atoms with Crippen molar-refractivity contribution in [3.63, 3.8) is 0 Å².